The second-order valence-electron chi connectivity index (χ2n) is 5.63. The highest BCUT2D eigenvalue weighted by atomic mass is 79.9. The number of aryl methyl sites for hydroxylation is 1. The van der Waals surface area contributed by atoms with Crippen molar-refractivity contribution in [2.45, 2.75) is 6.92 Å². The van der Waals surface area contributed by atoms with Crippen LogP contribution in [0.3, 0.4) is 0 Å². The Morgan fingerprint density at radius 1 is 1.04 bits per heavy atom. The molecule has 3 nitrogen and oxygen atoms in total. The molecule has 0 spiro atoms. The van der Waals surface area contributed by atoms with Gasteiger partial charge in [-0.2, -0.15) is 0 Å². The minimum atomic E-state index is -0.204. The lowest BCUT2D eigenvalue weighted by Crippen LogP contribution is -2.10. The van der Waals surface area contributed by atoms with Crippen molar-refractivity contribution in [2.75, 3.05) is 5.32 Å². The SMILES string of the molecule is Cc1cc(Br)cnc1NC(=O)/C=C/c1ccc(-c2ccccc2)cc1. The van der Waals surface area contributed by atoms with Crippen LogP contribution in [0.25, 0.3) is 17.2 Å². The Balaban J connectivity index is 1.66. The Hall–Kier alpha value is -2.72. The molecule has 124 valence electrons. The quantitative estimate of drug-likeness (QED) is 0.597. The van der Waals surface area contributed by atoms with Crippen molar-refractivity contribution in [1.29, 1.82) is 0 Å². The van der Waals surface area contributed by atoms with E-state index in [2.05, 4.69) is 38.4 Å². The van der Waals surface area contributed by atoms with Gasteiger partial charge in [0.25, 0.3) is 0 Å². The van der Waals surface area contributed by atoms with Crippen LogP contribution in [-0.2, 0) is 4.79 Å². The standard InChI is InChI=1S/C21H17BrN2O/c1-15-13-19(22)14-23-21(15)24-20(25)12-9-16-7-10-18(11-8-16)17-5-3-2-4-6-17/h2-14H,1H3,(H,23,24,25)/b12-9+. The van der Waals surface area contributed by atoms with Crippen LogP contribution in [0.15, 0.2) is 77.4 Å². The number of anilines is 1. The van der Waals surface area contributed by atoms with E-state index in [0.29, 0.717) is 5.82 Å². The molecule has 25 heavy (non-hydrogen) atoms. The number of halogens is 1. The molecule has 4 heteroatoms. The molecular weight excluding hydrogens is 376 g/mol. The third-order valence-electron chi connectivity index (χ3n) is 3.73. The zero-order valence-electron chi connectivity index (χ0n) is 13.7. The number of benzene rings is 2. The molecule has 1 aromatic heterocycles. The molecule has 0 saturated heterocycles. The molecule has 0 fully saturated rings. The van der Waals surface area contributed by atoms with Crippen molar-refractivity contribution in [2.24, 2.45) is 0 Å². The highest BCUT2D eigenvalue weighted by molar-refractivity contribution is 9.10. The summed E-state index contributed by atoms with van der Waals surface area (Å²) in [5.74, 6) is 0.363. The number of carbonyl (C=O) groups excluding carboxylic acids is 1. The summed E-state index contributed by atoms with van der Waals surface area (Å²) in [6, 6.07) is 20.2. The maximum Gasteiger partial charge on any atom is 0.249 e. The number of amides is 1. The molecular formula is C21H17BrN2O. The van der Waals surface area contributed by atoms with Crippen molar-refractivity contribution in [3.8, 4) is 11.1 Å². The molecule has 0 aliphatic rings. The summed E-state index contributed by atoms with van der Waals surface area (Å²) in [4.78, 5) is 16.3. The second kappa shape index (κ2) is 7.90. The van der Waals surface area contributed by atoms with E-state index in [0.717, 1.165) is 21.2 Å². The molecule has 0 radical (unpaired) electrons. The van der Waals surface area contributed by atoms with Gasteiger partial charge in [-0.25, -0.2) is 4.98 Å². The third kappa shape index (κ3) is 4.64. The summed E-state index contributed by atoms with van der Waals surface area (Å²) >= 11 is 3.36. The van der Waals surface area contributed by atoms with Crippen LogP contribution in [0.5, 0.6) is 0 Å². The van der Waals surface area contributed by atoms with Crippen molar-refractivity contribution in [3.05, 3.63) is 88.5 Å². The molecule has 0 aliphatic carbocycles. The topological polar surface area (TPSA) is 42.0 Å². The Bertz CT molecular complexity index is 903. The normalized spacial score (nSPS) is 10.8. The predicted octanol–water partition coefficient (Wildman–Crippen LogP) is 5.47. The fraction of sp³-hybridized carbons (Fsp3) is 0.0476. The molecule has 0 unspecified atom stereocenters. The Labute approximate surface area is 155 Å². The lowest BCUT2D eigenvalue weighted by atomic mass is 10.0. The Kier molecular flexibility index (Phi) is 5.41. The van der Waals surface area contributed by atoms with Crippen molar-refractivity contribution >= 4 is 33.7 Å². The van der Waals surface area contributed by atoms with E-state index >= 15 is 0 Å². The van der Waals surface area contributed by atoms with Crippen LogP contribution >= 0.6 is 15.9 Å². The van der Waals surface area contributed by atoms with Crippen LogP contribution in [0.4, 0.5) is 5.82 Å². The van der Waals surface area contributed by atoms with E-state index in [-0.39, 0.29) is 5.91 Å². The first-order valence-corrected chi connectivity index (χ1v) is 8.68. The van der Waals surface area contributed by atoms with E-state index in [1.54, 1.807) is 12.3 Å². The molecule has 0 bridgehead atoms. The molecule has 1 N–H and O–H groups in total. The molecule has 0 saturated carbocycles. The highest BCUT2D eigenvalue weighted by Crippen LogP contribution is 2.20. The first-order chi connectivity index (χ1) is 12.1. The summed E-state index contributed by atoms with van der Waals surface area (Å²) in [7, 11) is 0. The van der Waals surface area contributed by atoms with Crippen molar-refractivity contribution in [3.63, 3.8) is 0 Å². The number of pyridine rings is 1. The molecule has 3 rings (SSSR count). The van der Waals surface area contributed by atoms with E-state index in [1.807, 2.05) is 55.5 Å². The molecule has 2 aromatic carbocycles. The minimum absolute atomic E-state index is 0.204. The number of hydrogen-bond acceptors (Lipinski definition) is 2. The lowest BCUT2D eigenvalue weighted by molar-refractivity contribution is -0.111. The largest absolute Gasteiger partial charge is 0.307 e. The van der Waals surface area contributed by atoms with Crippen LogP contribution in [0.2, 0.25) is 0 Å². The smallest absolute Gasteiger partial charge is 0.249 e. The van der Waals surface area contributed by atoms with Crippen LogP contribution in [0, 0.1) is 6.92 Å². The van der Waals surface area contributed by atoms with Gasteiger partial charge in [-0.3, -0.25) is 4.79 Å². The molecule has 1 heterocycles. The number of nitrogens with one attached hydrogen (secondary N) is 1. The summed E-state index contributed by atoms with van der Waals surface area (Å²) in [6.45, 7) is 1.90. The number of aromatic nitrogens is 1. The Morgan fingerprint density at radius 2 is 1.72 bits per heavy atom. The fourth-order valence-corrected chi connectivity index (χ4v) is 2.86. The number of nitrogens with zero attached hydrogens (tertiary/aromatic N) is 1. The highest BCUT2D eigenvalue weighted by Gasteiger charge is 2.03. The van der Waals surface area contributed by atoms with Gasteiger partial charge in [-0.1, -0.05) is 54.6 Å². The molecule has 0 aliphatic heterocycles. The number of carbonyl (C=O) groups is 1. The van der Waals surface area contributed by atoms with E-state index in [9.17, 15) is 4.79 Å². The van der Waals surface area contributed by atoms with Gasteiger partial charge in [0, 0.05) is 16.7 Å². The summed E-state index contributed by atoms with van der Waals surface area (Å²) in [5, 5.41) is 2.79. The van der Waals surface area contributed by atoms with Crippen LogP contribution < -0.4 is 5.32 Å². The number of hydrogen-bond donors (Lipinski definition) is 1. The lowest BCUT2D eigenvalue weighted by Gasteiger charge is -2.05. The number of rotatable bonds is 4. The van der Waals surface area contributed by atoms with E-state index in [4.69, 9.17) is 0 Å². The average Bonchev–Trinajstić information content (AvgIpc) is 2.63. The van der Waals surface area contributed by atoms with E-state index < -0.39 is 0 Å². The van der Waals surface area contributed by atoms with Gasteiger partial charge >= 0.3 is 0 Å². The van der Waals surface area contributed by atoms with Gasteiger partial charge in [-0.15, -0.1) is 0 Å². The van der Waals surface area contributed by atoms with Crippen molar-refractivity contribution in [1.82, 2.24) is 4.98 Å². The minimum Gasteiger partial charge on any atom is -0.307 e. The maximum absolute atomic E-state index is 12.1. The monoisotopic (exact) mass is 392 g/mol. The van der Waals surface area contributed by atoms with Crippen LogP contribution in [0.1, 0.15) is 11.1 Å². The summed E-state index contributed by atoms with van der Waals surface area (Å²) < 4.78 is 0.886. The molecule has 0 atom stereocenters. The van der Waals surface area contributed by atoms with Gasteiger partial charge in [-0.05, 0) is 57.2 Å². The van der Waals surface area contributed by atoms with Crippen molar-refractivity contribution < 1.29 is 4.79 Å². The third-order valence-corrected chi connectivity index (χ3v) is 4.17. The van der Waals surface area contributed by atoms with Gasteiger partial charge in [0.05, 0.1) is 0 Å². The van der Waals surface area contributed by atoms with Gasteiger partial charge in [0.1, 0.15) is 5.82 Å². The van der Waals surface area contributed by atoms with Gasteiger partial charge in [0.2, 0.25) is 5.91 Å². The predicted molar refractivity (Wildman–Crippen MR) is 106 cm³/mol. The molecule has 3 aromatic rings. The van der Waals surface area contributed by atoms with Gasteiger partial charge in [0.15, 0.2) is 0 Å². The fourth-order valence-electron chi connectivity index (χ4n) is 2.42. The van der Waals surface area contributed by atoms with Crippen LogP contribution in [-0.4, -0.2) is 10.9 Å². The first kappa shape index (κ1) is 17.1. The van der Waals surface area contributed by atoms with E-state index in [1.165, 1.54) is 11.6 Å². The summed E-state index contributed by atoms with van der Waals surface area (Å²) in [5.41, 5.74) is 4.20. The first-order valence-electron chi connectivity index (χ1n) is 7.88. The zero-order valence-corrected chi connectivity index (χ0v) is 15.3. The average molecular weight is 393 g/mol. The second-order valence-corrected chi connectivity index (χ2v) is 6.55. The summed E-state index contributed by atoms with van der Waals surface area (Å²) in [6.07, 6.45) is 4.97. The molecule has 1 amide bonds. The van der Waals surface area contributed by atoms with Gasteiger partial charge < -0.3 is 5.32 Å². The Morgan fingerprint density at radius 3 is 2.40 bits per heavy atom. The zero-order chi connectivity index (χ0) is 17.6. The maximum atomic E-state index is 12.1.